The Balaban J connectivity index is 1.74. The van der Waals surface area contributed by atoms with Crippen LogP contribution in [0.5, 0.6) is 11.6 Å². The van der Waals surface area contributed by atoms with Crippen molar-refractivity contribution in [2.24, 2.45) is 12.2 Å². The van der Waals surface area contributed by atoms with Gasteiger partial charge in [0, 0.05) is 13.1 Å². The third-order valence-electron chi connectivity index (χ3n) is 3.42. The topological polar surface area (TPSA) is 74.4 Å². The Kier molecular flexibility index (Phi) is 5.03. The predicted octanol–water partition coefficient (Wildman–Crippen LogP) is 3.37. The molecule has 7 nitrogen and oxygen atoms in total. The van der Waals surface area contributed by atoms with Crippen molar-refractivity contribution in [1.29, 1.82) is 0 Å². The lowest BCUT2D eigenvalue weighted by Crippen LogP contribution is -1.97. The standard InChI is InChI=1S/C16H16FN5O2S/c1-10-14(8-18-23-9-15-11(2)19-21-25-15)16(22(3)20-10)24-13-6-4-5-12(17)7-13/h4-8H,9H2,1-3H3/b18-8+. The number of halogens is 1. The maximum Gasteiger partial charge on any atom is 0.226 e. The van der Waals surface area contributed by atoms with Gasteiger partial charge >= 0.3 is 0 Å². The molecular weight excluding hydrogens is 345 g/mol. The van der Waals surface area contributed by atoms with Crippen LogP contribution in [0.1, 0.15) is 21.8 Å². The lowest BCUT2D eigenvalue weighted by molar-refractivity contribution is 0.134. The molecule has 1 aromatic carbocycles. The van der Waals surface area contributed by atoms with Crippen molar-refractivity contribution in [2.75, 3.05) is 0 Å². The molecule has 0 aliphatic heterocycles. The highest BCUT2D eigenvalue weighted by molar-refractivity contribution is 7.05. The molecule has 3 aromatic rings. The molecule has 0 saturated carbocycles. The summed E-state index contributed by atoms with van der Waals surface area (Å²) in [6.07, 6.45) is 1.53. The van der Waals surface area contributed by atoms with Crippen molar-refractivity contribution in [1.82, 2.24) is 19.4 Å². The number of ether oxygens (including phenoxy) is 1. The molecule has 0 aliphatic rings. The normalized spacial score (nSPS) is 11.2. The average Bonchev–Trinajstić information content (AvgIpc) is 3.08. The monoisotopic (exact) mass is 361 g/mol. The second-order valence-corrected chi connectivity index (χ2v) is 6.12. The van der Waals surface area contributed by atoms with Crippen molar-refractivity contribution >= 4 is 17.7 Å². The first-order valence-electron chi connectivity index (χ1n) is 7.45. The molecule has 0 atom stereocenters. The molecule has 2 aromatic heterocycles. The third kappa shape index (κ3) is 4.00. The van der Waals surface area contributed by atoms with Gasteiger partial charge in [-0.15, -0.1) is 5.10 Å². The highest BCUT2D eigenvalue weighted by Crippen LogP contribution is 2.26. The second kappa shape index (κ2) is 7.39. The first-order chi connectivity index (χ1) is 12.0. The molecule has 0 N–H and O–H groups in total. The van der Waals surface area contributed by atoms with Gasteiger partial charge in [-0.05, 0) is 37.5 Å². The summed E-state index contributed by atoms with van der Waals surface area (Å²) in [5.74, 6) is 0.458. The number of aromatic nitrogens is 4. The Bertz CT molecular complexity index is 906. The molecule has 2 heterocycles. The van der Waals surface area contributed by atoms with Crippen molar-refractivity contribution in [2.45, 2.75) is 20.5 Å². The Morgan fingerprint density at radius 2 is 2.16 bits per heavy atom. The molecule has 0 fully saturated rings. The van der Waals surface area contributed by atoms with Gasteiger partial charge in [-0.3, -0.25) is 0 Å². The number of nitrogens with zero attached hydrogens (tertiary/aromatic N) is 5. The van der Waals surface area contributed by atoms with Gasteiger partial charge in [0.25, 0.3) is 0 Å². The molecule has 3 rings (SSSR count). The van der Waals surface area contributed by atoms with Crippen LogP contribution in [0.2, 0.25) is 0 Å². The van der Waals surface area contributed by atoms with Gasteiger partial charge in [0.05, 0.1) is 28.0 Å². The van der Waals surface area contributed by atoms with E-state index < -0.39 is 0 Å². The average molecular weight is 361 g/mol. The largest absolute Gasteiger partial charge is 0.438 e. The minimum atomic E-state index is -0.372. The number of hydrogen-bond acceptors (Lipinski definition) is 7. The molecule has 0 spiro atoms. The predicted molar refractivity (Wildman–Crippen MR) is 91.4 cm³/mol. The van der Waals surface area contributed by atoms with Crippen molar-refractivity contribution in [3.05, 3.63) is 51.9 Å². The molecule has 0 unspecified atom stereocenters. The summed E-state index contributed by atoms with van der Waals surface area (Å²) in [5.41, 5.74) is 2.20. The van der Waals surface area contributed by atoms with E-state index in [0.29, 0.717) is 23.8 Å². The van der Waals surface area contributed by atoms with Crippen LogP contribution in [0.25, 0.3) is 0 Å². The van der Waals surface area contributed by atoms with E-state index >= 15 is 0 Å². The van der Waals surface area contributed by atoms with Crippen LogP contribution in [0, 0.1) is 19.7 Å². The third-order valence-corrected chi connectivity index (χ3v) is 4.22. The fourth-order valence-corrected chi connectivity index (χ4v) is 2.67. The first kappa shape index (κ1) is 17.0. The van der Waals surface area contributed by atoms with Crippen LogP contribution < -0.4 is 4.74 Å². The van der Waals surface area contributed by atoms with Gasteiger partial charge in [-0.25, -0.2) is 9.07 Å². The number of hydrogen-bond donors (Lipinski definition) is 0. The molecule has 0 saturated heterocycles. The van der Waals surface area contributed by atoms with E-state index in [-0.39, 0.29) is 5.82 Å². The summed E-state index contributed by atoms with van der Waals surface area (Å²) >= 11 is 1.27. The zero-order valence-electron chi connectivity index (χ0n) is 13.9. The number of benzene rings is 1. The van der Waals surface area contributed by atoms with Gasteiger partial charge in [0.2, 0.25) is 5.88 Å². The lowest BCUT2D eigenvalue weighted by Gasteiger charge is -2.06. The van der Waals surface area contributed by atoms with E-state index in [1.54, 1.807) is 23.9 Å². The zero-order valence-corrected chi connectivity index (χ0v) is 14.7. The number of rotatable bonds is 6. The van der Waals surface area contributed by atoms with Crippen LogP contribution in [0.15, 0.2) is 29.4 Å². The summed E-state index contributed by atoms with van der Waals surface area (Å²) in [6, 6.07) is 5.91. The van der Waals surface area contributed by atoms with E-state index in [0.717, 1.165) is 16.3 Å². The Morgan fingerprint density at radius 1 is 1.32 bits per heavy atom. The van der Waals surface area contributed by atoms with Gasteiger partial charge in [0.15, 0.2) is 6.61 Å². The van der Waals surface area contributed by atoms with Crippen LogP contribution in [-0.2, 0) is 18.5 Å². The number of oxime groups is 1. The number of aryl methyl sites for hydroxylation is 3. The summed E-state index contributed by atoms with van der Waals surface area (Å²) in [4.78, 5) is 6.21. The van der Waals surface area contributed by atoms with Gasteiger partial charge in [0.1, 0.15) is 11.6 Å². The van der Waals surface area contributed by atoms with Crippen molar-refractivity contribution < 1.29 is 14.0 Å². The highest BCUT2D eigenvalue weighted by Gasteiger charge is 2.14. The molecule has 0 amide bonds. The highest BCUT2D eigenvalue weighted by atomic mass is 32.1. The van der Waals surface area contributed by atoms with Crippen LogP contribution in [-0.4, -0.2) is 25.6 Å². The molecular formula is C16H16FN5O2S. The van der Waals surface area contributed by atoms with E-state index in [1.807, 2.05) is 13.8 Å². The molecule has 0 bridgehead atoms. The van der Waals surface area contributed by atoms with Gasteiger partial charge < -0.3 is 9.57 Å². The summed E-state index contributed by atoms with van der Waals surface area (Å²) in [5, 5.41) is 12.2. The fraction of sp³-hybridized carbons (Fsp3) is 0.250. The summed E-state index contributed by atoms with van der Waals surface area (Å²) < 4.78 is 24.5. The van der Waals surface area contributed by atoms with E-state index in [2.05, 4.69) is 19.8 Å². The Morgan fingerprint density at radius 3 is 2.88 bits per heavy atom. The van der Waals surface area contributed by atoms with Gasteiger partial charge in [-0.2, -0.15) is 5.10 Å². The second-order valence-electron chi connectivity index (χ2n) is 5.28. The maximum atomic E-state index is 13.3. The Labute approximate surface area is 147 Å². The van der Waals surface area contributed by atoms with Crippen molar-refractivity contribution in [3.63, 3.8) is 0 Å². The minimum Gasteiger partial charge on any atom is -0.438 e. The first-order valence-corrected chi connectivity index (χ1v) is 8.22. The zero-order chi connectivity index (χ0) is 17.8. The molecule has 0 radical (unpaired) electrons. The van der Waals surface area contributed by atoms with Crippen molar-refractivity contribution in [3.8, 4) is 11.6 Å². The van der Waals surface area contributed by atoms with E-state index in [9.17, 15) is 4.39 Å². The SMILES string of the molecule is Cc1nnsc1CO/N=C/c1c(C)nn(C)c1Oc1cccc(F)c1. The fourth-order valence-electron chi connectivity index (χ4n) is 2.13. The minimum absolute atomic E-state index is 0.291. The van der Waals surface area contributed by atoms with Crippen LogP contribution in [0.3, 0.4) is 0 Å². The molecule has 0 aliphatic carbocycles. The smallest absolute Gasteiger partial charge is 0.226 e. The molecule has 130 valence electrons. The summed E-state index contributed by atoms with van der Waals surface area (Å²) in [6.45, 7) is 3.98. The Hall–Kier alpha value is -2.81. The van der Waals surface area contributed by atoms with Gasteiger partial charge in [-0.1, -0.05) is 15.7 Å². The van der Waals surface area contributed by atoms with E-state index in [4.69, 9.17) is 9.57 Å². The quantitative estimate of drug-likeness (QED) is 0.497. The van der Waals surface area contributed by atoms with Crippen LogP contribution in [0.4, 0.5) is 4.39 Å². The maximum absolute atomic E-state index is 13.3. The molecule has 25 heavy (non-hydrogen) atoms. The summed E-state index contributed by atoms with van der Waals surface area (Å²) in [7, 11) is 1.74. The van der Waals surface area contributed by atoms with E-state index in [1.165, 1.54) is 29.9 Å². The van der Waals surface area contributed by atoms with Crippen LogP contribution >= 0.6 is 11.5 Å². The molecule has 9 heteroatoms. The lowest BCUT2D eigenvalue weighted by atomic mass is 10.3.